The Labute approximate surface area is 99.3 Å². The van der Waals surface area contributed by atoms with E-state index in [0.717, 1.165) is 23.5 Å². The molecule has 0 aliphatic rings. The highest BCUT2D eigenvalue weighted by molar-refractivity contribution is 5.46. The summed E-state index contributed by atoms with van der Waals surface area (Å²) in [4.78, 5) is 13.6. The largest absolute Gasteiger partial charge is 0.364 e. The second-order valence-electron chi connectivity index (χ2n) is 3.94. The van der Waals surface area contributed by atoms with Gasteiger partial charge in [0.2, 0.25) is 5.56 Å². The number of aromatic amines is 2. The third-order valence-electron chi connectivity index (χ3n) is 2.74. The van der Waals surface area contributed by atoms with Crippen LogP contribution in [0.5, 0.6) is 0 Å². The van der Waals surface area contributed by atoms with Gasteiger partial charge in [0.25, 0.3) is 0 Å². The van der Waals surface area contributed by atoms with E-state index in [0.29, 0.717) is 6.54 Å². The van der Waals surface area contributed by atoms with Gasteiger partial charge < -0.3 is 10.3 Å². The fraction of sp³-hybridized carbons (Fsp3) is 0.333. The summed E-state index contributed by atoms with van der Waals surface area (Å²) < 4.78 is 0. The molecule has 0 saturated carbocycles. The summed E-state index contributed by atoms with van der Waals surface area (Å²) >= 11 is 0. The number of H-pyrrole nitrogens is 2. The van der Waals surface area contributed by atoms with Crippen LogP contribution in [0.25, 0.3) is 0 Å². The van der Waals surface area contributed by atoms with Crippen molar-refractivity contribution >= 4 is 5.82 Å². The number of pyridine rings is 1. The lowest BCUT2D eigenvalue weighted by atomic mass is 10.2. The van der Waals surface area contributed by atoms with Crippen LogP contribution >= 0.6 is 0 Å². The number of aromatic nitrogens is 3. The molecule has 0 radical (unpaired) electrons. The highest BCUT2D eigenvalue weighted by atomic mass is 16.1. The zero-order valence-corrected chi connectivity index (χ0v) is 10.0. The Morgan fingerprint density at radius 2 is 2.24 bits per heavy atom. The molecule has 0 aliphatic heterocycles. The Bertz CT molecular complexity index is 535. The van der Waals surface area contributed by atoms with Crippen LogP contribution < -0.4 is 10.9 Å². The van der Waals surface area contributed by atoms with Gasteiger partial charge in [0, 0.05) is 30.1 Å². The first-order valence-corrected chi connectivity index (χ1v) is 5.66. The van der Waals surface area contributed by atoms with Crippen LogP contribution in [0.15, 0.2) is 23.1 Å². The second kappa shape index (κ2) is 4.86. The molecule has 5 nitrogen and oxygen atoms in total. The van der Waals surface area contributed by atoms with Crippen molar-refractivity contribution in [1.82, 2.24) is 15.2 Å². The van der Waals surface area contributed by atoms with Crippen molar-refractivity contribution in [3.8, 4) is 0 Å². The molecule has 3 N–H and O–H groups in total. The van der Waals surface area contributed by atoms with Gasteiger partial charge in [0.15, 0.2) is 5.82 Å². The summed E-state index contributed by atoms with van der Waals surface area (Å²) in [5.41, 5.74) is 3.23. The number of nitrogens with zero attached hydrogens (tertiary/aromatic N) is 1. The van der Waals surface area contributed by atoms with Gasteiger partial charge in [0.1, 0.15) is 0 Å². The average Bonchev–Trinajstić information content (AvgIpc) is 2.69. The summed E-state index contributed by atoms with van der Waals surface area (Å²) in [5, 5.41) is 10.4. The molecule has 2 aromatic rings. The van der Waals surface area contributed by atoms with E-state index in [1.807, 2.05) is 6.92 Å². The minimum atomic E-state index is -0.0846. The standard InChI is InChI=1S/C12H16N4O/c1-3-10-8(2)15-16-12(10)14-7-9-4-5-11(17)13-6-9/h4-6H,3,7H2,1-2H3,(H,13,17)(H2,14,15,16). The van der Waals surface area contributed by atoms with Crippen molar-refractivity contribution in [2.75, 3.05) is 5.32 Å². The predicted molar refractivity (Wildman–Crippen MR) is 67.1 cm³/mol. The number of nitrogens with one attached hydrogen (secondary N) is 3. The Morgan fingerprint density at radius 1 is 1.41 bits per heavy atom. The molecule has 2 rings (SSSR count). The highest BCUT2D eigenvalue weighted by Gasteiger charge is 2.07. The van der Waals surface area contributed by atoms with Crippen molar-refractivity contribution < 1.29 is 0 Å². The maximum absolute atomic E-state index is 10.9. The molecule has 0 fully saturated rings. The topological polar surface area (TPSA) is 73.6 Å². The molecule has 0 amide bonds. The molecule has 2 heterocycles. The summed E-state index contributed by atoms with van der Waals surface area (Å²) in [7, 11) is 0. The monoisotopic (exact) mass is 232 g/mol. The third-order valence-corrected chi connectivity index (χ3v) is 2.74. The summed E-state index contributed by atoms with van der Waals surface area (Å²) in [6.45, 7) is 4.76. The molecule has 0 atom stereocenters. The van der Waals surface area contributed by atoms with Crippen LogP contribution in [-0.4, -0.2) is 15.2 Å². The highest BCUT2D eigenvalue weighted by Crippen LogP contribution is 2.16. The van der Waals surface area contributed by atoms with Gasteiger partial charge in [-0.2, -0.15) is 5.10 Å². The Balaban J connectivity index is 2.07. The molecular formula is C12H16N4O. The maximum atomic E-state index is 10.9. The first-order valence-electron chi connectivity index (χ1n) is 5.66. The SMILES string of the molecule is CCc1c(NCc2ccc(=O)[nH]c2)n[nH]c1C. The van der Waals surface area contributed by atoms with E-state index in [1.165, 1.54) is 11.6 Å². The van der Waals surface area contributed by atoms with Gasteiger partial charge in [-0.15, -0.1) is 0 Å². The zero-order chi connectivity index (χ0) is 12.3. The van der Waals surface area contributed by atoms with Gasteiger partial charge in [-0.3, -0.25) is 9.89 Å². The first kappa shape index (κ1) is 11.4. The molecule has 90 valence electrons. The van der Waals surface area contributed by atoms with Crippen LogP contribution in [-0.2, 0) is 13.0 Å². The fourth-order valence-electron chi connectivity index (χ4n) is 1.77. The molecule has 0 aromatic carbocycles. The van der Waals surface area contributed by atoms with Crippen molar-refractivity contribution in [2.45, 2.75) is 26.8 Å². The summed E-state index contributed by atoms with van der Waals surface area (Å²) in [6, 6.07) is 3.32. The van der Waals surface area contributed by atoms with E-state index < -0.39 is 0 Å². The summed E-state index contributed by atoms with van der Waals surface area (Å²) in [6.07, 6.45) is 2.65. The van der Waals surface area contributed by atoms with E-state index in [9.17, 15) is 4.79 Å². The van der Waals surface area contributed by atoms with E-state index >= 15 is 0 Å². The van der Waals surface area contributed by atoms with Crippen LogP contribution in [0.2, 0.25) is 0 Å². The van der Waals surface area contributed by atoms with Crippen molar-refractivity contribution in [2.24, 2.45) is 0 Å². The quantitative estimate of drug-likeness (QED) is 0.749. The molecule has 0 aliphatic carbocycles. The average molecular weight is 232 g/mol. The second-order valence-corrected chi connectivity index (χ2v) is 3.94. The predicted octanol–water partition coefficient (Wildman–Crippen LogP) is 1.58. The smallest absolute Gasteiger partial charge is 0.247 e. The van der Waals surface area contributed by atoms with Crippen molar-refractivity contribution in [3.05, 3.63) is 45.5 Å². The van der Waals surface area contributed by atoms with Crippen molar-refractivity contribution in [1.29, 1.82) is 0 Å². The minimum Gasteiger partial charge on any atom is -0.364 e. The molecule has 5 heteroatoms. The van der Waals surface area contributed by atoms with Crippen molar-refractivity contribution in [3.63, 3.8) is 0 Å². The fourth-order valence-corrected chi connectivity index (χ4v) is 1.77. The lowest BCUT2D eigenvalue weighted by Crippen LogP contribution is -2.07. The Morgan fingerprint density at radius 3 is 2.88 bits per heavy atom. The zero-order valence-electron chi connectivity index (χ0n) is 10.0. The molecule has 0 unspecified atom stereocenters. The van der Waals surface area contributed by atoms with E-state index in [4.69, 9.17) is 0 Å². The Kier molecular flexibility index (Phi) is 3.27. The molecule has 17 heavy (non-hydrogen) atoms. The maximum Gasteiger partial charge on any atom is 0.247 e. The third kappa shape index (κ3) is 2.55. The normalized spacial score (nSPS) is 10.5. The van der Waals surface area contributed by atoms with Gasteiger partial charge >= 0.3 is 0 Å². The Hall–Kier alpha value is -2.04. The summed E-state index contributed by atoms with van der Waals surface area (Å²) in [5.74, 6) is 0.885. The number of rotatable bonds is 4. The first-order chi connectivity index (χ1) is 8.20. The van der Waals surface area contributed by atoms with Gasteiger partial charge in [-0.1, -0.05) is 13.0 Å². The van der Waals surface area contributed by atoms with Crippen LogP contribution in [0, 0.1) is 6.92 Å². The van der Waals surface area contributed by atoms with Crippen LogP contribution in [0.1, 0.15) is 23.7 Å². The van der Waals surface area contributed by atoms with E-state index in [1.54, 1.807) is 12.3 Å². The van der Waals surface area contributed by atoms with Gasteiger partial charge in [0.05, 0.1) is 0 Å². The van der Waals surface area contributed by atoms with E-state index in [-0.39, 0.29) is 5.56 Å². The lowest BCUT2D eigenvalue weighted by Gasteiger charge is -2.05. The molecule has 0 bridgehead atoms. The number of hydrogen-bond donors (Lipinski definition) is 3. The molecule has 0 spiro atoms. The van der Waals surface area contributed by atoms with Gasteiger partial charge in [-0.25, -0.2) is 0 Å². The number of anilines is 1. The van der Waals surface area contributed by atoms with Crippen LogP contribution in [0.4, 0.5) is 5.82 Å². The number of aryl methyl sites for hydroxylation is 1. The van der Waals surface area contributed by atoms with Crippen LogP contribution in [0.3, 0.4) is 0 Å². The van der Waals surface area contributed by atoms with E-state index in [2.05, 4.69) is 27.4 Å². The molecule has 0 saturated heterocycles. The number of hydrogen-bond acceptors (Lipinski definition) is 3. The lowest BCUT2D eigenvalue weighted by molar-refractivity contribution is 1.02. The molecular weight excluding hydrogens is 216 g/mol. The minimum absolute atomic E-state index is 0.0846. The van der Waals surface area contributed by atoms with Gasteiger partial charge in [-0.05, 0) is 18.9 Å². The molecule has 2 aromatic heterocycles.